The molecular formula is C25H31FN4O4. The first-order valence-corrected chi connectivity index (χ1v) is 11.6. The summed E-state index contributed by atoms with van der Waals surface area (Å²) in [5.41, 5.74) is -0.415. The molecule has 2 amide bonds. The number of nitrogens with one attached hydrogen (secondary N) is 1. The van der Waals surface area contributed by atoms with Gasteiger partial charge in [0.1, 0.15) is 23.1 Å². The topological polar surface area (TPSA) is 95.0 Å². The highest BCUT2D eigenvalue weighted by molar-refractivity contribution is 5.93. The fourth-order valence-electron chi connectivity index (χ4n) is 4.49. The monoisotopic (exact) mass is 470 g/mol. The Balaban J connectivity index is 1.31. The zero-order chi connectivity index (χ0) is 24.5. The number of aliphatic hydroxyl groups is 1. The second-order valence-electron chi connectivity index (χ2n) is 9.70. The number of aliphatic hydroxyl groups excluding tert-OH is 1. The van der Waals surface area contributed by atoms with Crippen LogP contribution in [-0.2, 0) is 9.59 Å². The number of rotatable bonds is 6. The van der Waals surface area contributed by atoms with Gasteiger partial charge >= 0.3 is 0 Å². The Labute approximate surface area is 198 Å². The summed E-state index contributed by atoms with van der Waals surface area (Å²) in [6.45, 7) is 7.58. The molecule has 9 heteroatoms. The first-order chi connectivity index (χ1) is 16.1. The lowest BCUT2D eigenvalue weighted by molar-refractivity contribution is -0.152. The van der Waals surface area contributed by atoms with E-state index in [9.17, 15) is 19.1 Å². The van der Waals surface area contributed by atoms with Crippen LogP contribution in [0.1, 0.15) is 33.6 Å². The maximum atomic E-state index is 13.0. The molecule has 4 rings (SSSR count). The Morgan fingerprint density at radius 3 is 2.41 bits per heavy atom. The summed E-state index contributed by atoms with van der Waals surface area (Å²) in [6, 6.07) is 8.60. The van der Waals surface area contributed by atoms with Gasteiger partial charge in [-0.2, -0.15) is 0 Å². The molecule has 1 aromatic heterocycles. The molecule has 2 aliphatic rings. The maximum Gasteiger partial charge on any atom is 0.242 e. The minimum atomic E-state index is -0.415. The van der Waals surface area contributed by atoms with Crippen molar-refractivity contribution in [2.75, 3.05) is 25.0 Å². The van der Waals surface area contributed by atoms with Gasteiger partial charge in [-0.05, 0) is 70.0 Å². The van der Waals surface area contributed by atoms with E-state index in [0.717, 1.165) is 0 Å². The summed E-state index contributed by atoms with van der Waals surface area (Å²) in [4.78, 5) is 33.9. The van der Waals surface area contributed by atoms with Crippen LogP contribution in [0, 0.1) is 11.7 Å². The smallest absolute Gasteiger partial charge is 0.242 e. The van der Waals surface area contributed by atoms with Crippen LogP contribution in [0.2, 0.25) is 0 Å². The number of carbonyl (C=O) groups is 2. The van der Waals surface area contributed by atoms with E-state index >= 15 is 0 Å². The quantitative estimate of drug-likeness (QED) is 0.674. The molecule has 0 unspecified atom stereocenters. The van der Waals surface area contributed by atoms with Crippen molar-refractivity contribution in [3.63, 3.8) is 0 Å². The molecule has 2 aromatic rings. The Morgan fingerprint density at radius 2 is 1.82 bits per heavy atom. The highest BCUT2D eigenvalue weighted by Crippen LogP contribution is 2.33. The number of hydrogen-bond donors (Lipinski definition) is 2. The van der Waals surface area contributed by atoms with Crippen molar-refractivity contribution in [1.82, 2.24) is 14.8 Å². The molecule has 0 radical (unpaired) electrons. The third-order valence-electron chi connectivity index (χ3n) is 6.62. The molecule has 2 heterocycles. The Kier molecular flexibility index (Phi) is 6.86. The van der Waals surface area contributed by atoms with Crippen LogP contribution in [0.25, 0.3) is 0 Å². The summed E-state index contributed by atoms with van der Waals surface area (Å²) in [5, 5.41) is 12.4. The van der Waals surface area contributed by atoms with Crippen LogP contribution in [0.5, 0.6) is 11.5 Å². The number of anilines is 1. The van der Waals surface area contributed by atoms with E-state index in [1.807, 2.05) is 25.7 Å². The molecule has 1 aliphatic heterocycles. The predicted molar refractivity (Wildman–Crippen MR) is 125 cm³/mol. The standard InChI is InChI=1S/C25H31FN4O4/c1-16(29-10-11-30(25(2,3)15-29)24(33)17-12-19(31)13-17)23(32)28-22-9-8-21(14-27-22)34-20-6-4-18(26)5-7-20/h4-9,14,16-17,19,31H,10-13,15H2,1-3H3,(H,27,28,32)/t16-,17?,19?/m0/s1. The number of aromatic nitrogens is 1. The average Bonchev–Trinajstić information content (AvgIpc) is 2.78. The van der Waals surface area contributed by atoms with E-state index < -0.39 is 11.6 Å². The largest absolute Gasteiger partial charge is 0.456 e. The molecule has 1 saturated heterocycles. The van der Waals surface area contributed by atoms with Crippen molar-refractivity contribution < 1.29 is 23.8 Å². The van der Waals surface area contributed by atoms with Crippen molar-refractivity contribution in [2.45, 2.75) is 51.3 Å². The molecule has 1 saturated carbocycles. The number of pyridine rings is 1. The van der Waals surface area contributed by atoms with Crippen LogP contribution in [0.3, 0.4) is 0 Å². The number of piperazine rings is 1. The van der Waals surface area contributed by atoms with E-state index in [4.69, 9.17) is 4.74 Å². The van der Waals surface area contributed by atoms with Crippen LogP contribution in [0.15, 0.2) is 42.6 Å². The molecule has 0 bridgehead atoms. The molecule has 2 N–H and O–H groups in total. The van der Waals surface area contributed by atoms with Gasteiger partial charge < -0.3 is 20.1 Å². The summed E-state index contributed by atoms with van der Waals surface area (Å²) in [5.74, 6) is 0.841. The van der Waals surface area contributed by atoms with Gasteiger partial charge in [0.2, 0.25) is 11.8 Å². The first kappa shape index (κ1) is 24.1. The molecule has 2 fully saturated rings. The highest BCUT2D eigenvalue weighted by atomic mass is 19.1. The van der Waals surface area contributed by atoms with E-state index in [2.05, 4.69) is 15.2 Å². The number of ether oxygens (including phenoxy) is 1. The molecule has 34 heavy (non-hydrogen) atoms. The normalized spacial score (nSPS) is 23.0. The van der Waals surface area contributed by atoms with Crippen LogP contribution >= 0.6 is 0 Å². The Hall–Kier alpha value is -3.04. The number of amides is 2. The van der Waals surface area contributed by atoms with E-state index in [1.165, 1.54) is 30.5 Å². The summed E-state index contributed by atoms with van der Waals surface area (Å²) < 4.78 is 18.6. The van der Waals surface area contributed by atoms with Crippen LogP contribution in [0.4, 0.5) is 10.2 Å². The van der Waals surface area contributed by atoms with Gasteiger partial charge in [0, 0.05) is 25.6 Å². The van der Waals surface area contributed by atoms with Gasteiger partial charge in [0.15, 0.2) is 0 Å². The third kappa shape index (κ3) is 5.37. The van der Waals surface area contributed by atoms with Gasteiger partial charge in [-0.1, -0.05) is 0 Å². The second kappa shape index (κ2) is 9.68. The number of nitrogens with zero attached hydrogens (tertiary/aromatic N) is 3. The Bertz CT molecular complexity index is 1020. The van der Waals surface area contributed by atoms with Gasteiger partial charge in [0.05, 0.1) is 23.9 Å². The minimum Gasteiger partial charge on any atom is -0.456 e. The van der Waals surface area contributed by atoms with Crippen molar-refractivity contribution in [2.24, 2.45) is 5.92 Å². The predicted octanol–water partition coefficient (Wildman–Crippen LogP) is 3.03. The molecule has 0 spiro atoms. The molecule has 1 aromatic carbocycles. The lowest BCUT2D eigenvalue weighted by atomic mass is 9.80. The SMILES string of the molecule is C[C@@H](C(=O)Nc1ccc(Oc2ccc(F)cc2)cn1)N1CCN(C(=O)C2CC(O)C2)C(C)(C)C1. The number of benzene rings is 1. The molecule has 8 nitrogen and oxygen atoms in total. The van der Waals surface area contributed by atoms with E-state index in [0.29, 0.717) is 49.8 Å². The highest BCUT2D eigenvalue weighted by Gasteiger charge is 2.44. The number of halogens is 1. The van der Waals surface area contributed by atoms with Gasteiger partial charge in [-0.25, -0.2) is 9.37 Å². The maximum absolute atomic E-state index is 13.0. The number of hydrogen-bond acceptors (Lipinski definition) is 6. The minimum absolute atomic E-state index is 0.0948. The average molecular weight is 471 g/mol. The van der Waals surface area contributed by atoms with Crippen molar-refractivity contribution >= 4 is 17.6 Å². The second-order valence-corrected chi connectivity index (χ2v) is 9.70. The van der Waals surface area contributed by atoms with E-state index in [-0.39, 0.29) is 29.7 Å². The lowest BCUT2D eigenvalue weighted by Gasteiger charge is -2.50. The van der Waals surface area contributed by atoms with Gasteiger partial charge in [-0.3, -0.25) is 14.5 Å². The molecule has 1 aliphatic carbocycles. The van der Waals surface area contributed by atoms with Crippen LogP contribution < -0.4 is 10.1 Å². The van der Waals surface area contributed by atoms with Crippen molar-refractivity contribution in [1.29, 1.82) is 0 Å². The van der Waals surface area contributed by atoms with Crippen molar-refractivity contribution in [3.05, 3.63) is 48.4 Å². The zero-order valence-corrected chi connectivity index (χ0v) is 19.7. The molecule has 182 valence electrons. The van der Waals surface area contributed by atoms with Gasteiger partial charge in [0.25, 0.3) is 0 Å². The fraction of sp³-hybridized carbons (Fsp3) is 0.480. The van der Waals surface area contributed by atoms with E-state index in [1.54, 1.807) is 12.1 Å². The summed E-state index contributed by atoms with van der Waals surface area (Å²) in [7, 11) is 0. The third-order valence-corrected chi connectivity index (χ3v) is 6.62. The molecule has 1 atom stereocenters. The van der Waals surface area contributed by atoms with Gasteiger partial charge in [-0.15, -0.1) is 0 Å². The fourth-order valence-corrected chi connectivity index (χ4v) is 4.49. The van der Waals surface area contributed by atoms with Crippen molar-refractivity contribution in [3.8, 4) is 11.5 Å². The summed E-state index contributed by atoms with van der Waals surface area (Å²) in [6.07, 6.45) is 2.21. The lowest BCUT2D eigenvalue weighted by Crippen LogP contribution is -2.65. The Morgan fingerprint density at radius 1 is 1.15 bits per heavy atom. The first-order valence-electron chi connectivity index (χ1n) is 11.6. The van der Waals surface area contributed by atoms with Crippen LogP contribution in [-0.4, -0.2) is 69.0 Å². The number of carbonyl (C=O) groups excluding carboxylic acids is 2. The summed E-state index contributed by atoms with van der Waals surface area (Å²) >= 11 is 0. The molecular weight excluding hydrogens is 439 g/mol. The zero-order valence-electron chi connectivity index (χ0n) is 19.7.